The van der Waals surface area contributed by atoms with Crippen molar-refractivity contribution >= 4 is 17.9 Å². The number of hydrogen-bond donors (Lipinski definition) is 6. The first-order valence-corrected chi connectivity index (χ1v) is 7.23. The molecule has 0 aromatic heterocycles. The molecule has 152 valence electrons. The average molecular weight is 378 g/mol. The largest absolute Gasteiger partial charge is 0.478 e. The van der Waals surface area contributed by atoms with E-state index < -0.39 is 29.8 Å². The highest BCUT2D eigenvalue weighted by Crippen LogP contribution is 2.09. The summed E-state index contributed by atoms with van der Waals surface area (Å²) >= 11 is 0. The van der Waals surface area contributed by atoms with Crippen molar-refractivity contribution in [2.45, 2.75) is 52.9 Å². The molecule has 0 saturated heterocycles. The van der Waals surface area contributed by atoms with Crippen molar-refractivity contribution in [3.8, 4) is 0 Å². The molecule has 0 aromatic rings. The molecule has 0 saturated carbocycles. The molecule has 26 heavy (non-hydrogen) atoms. The monoisotopic (exact) mass is 378 g/mol. The first-order chi connectivity index (χ1) is 11.4. The lowest BCUT2D eigenvalue weighted by Crippen LogP contribution is -2.39. The highest BCUT2D eigenvalue weighted by molar-refractivity contribution is 5.85. The Morgan fingerprint density at radius 2 is 0.962 bits per heavy atom. The number of carboxylic acids is 3. The standard InChI is InChI=1S/C5H12O3.3C4H6O2/c1-3-5(7,8)4(2)6;3*1-3(2)4(5)6/h4,6-8H,3H2,1-2H3;3*1H2,2H3,(H,5,6). The van der Waals surface area contributed by atoms with Crippen LogP contribution in [0.15, 0.2) is 36.5 Å². The van der Waals surface area contributed by atoms with Crippen molar-refractivity contribution in [1.82, 2.24) is 0 Å². The number of aliphatic hydroxyl groups is 3. The minimum absolute atomic E-state index is 0.144. The van der Waals surface area contributed by atoms with E-state index in [1.165, 1.54) is 27.7 Å². The van der Waals surface area contributed by atoms with Crippen molar-refractivity contribution in [3.05, 3.63) is 36.5 Å². The van der Waals surface area contributed by atoms with Gasteiger partial charge in [-0.05, 0) is 27.7 Å². The maximum Gasteiger partial charge on any atom is 0.330 e. The molecule has 9 nitrogen and oxygen atoms in total. The van der Waals surface area contributed by atoms with Gasteiger partial charge in [0.1, 0.15) is 6.10 Å². The number of carboxylic acid groups (broad SMARTS) is 3. The van der Waals surface area contributed by atoms with Crippen molar-refractivity contribution in [2.24, 2.45) is 0 Å². The summed E-state index contributed by atoms with van der Waals surface area (Å²) in [5.74, 6) is -4.71. The molecule has 0 radical (unpaired) electrons. The smallest absolute Gasteiger partial charge is 0.330 e. The number of aliphatic hydroxyl groups excluding tert-OH is 1. The molecule has 0 aliphatic rings. The molecule has 0 aliphatic heterocycles. The quantitative estimate of drug-likeness (QED) is 0.305. The molecular formula is C17H30O9. The van der Waals surface area contributed by atoms with E-state index in [9.17, 15) is 14.4 Å². The van der Waals surface area contributed by atoms with Crippen molar-refractivity contribution in [1.29, 1.82) is 0 Å². The van der Waals surface area contributed by atoms with Gasteiger partial charge in [0, 0.05) is 23.1 Å². The van der Waals surface area contributed by atoms with Crippen molar-refractivity contribution in [3.63, 3.8) is 0 Å². The predicted octanol–water partition coefficient (Wildman–Crippen LogP) is 1.40. The van der Waals surface area contributed by atoms with Gasteiger partial charge in [-0.3, -0.25) is 0 Å². The SMILES string of the molecule is C=C(C)C(=O)O.C=C(C)C(=O)O.C=C(C)C(=O)O.CCC(O)(O)C(C)O. The molecule has 0 aliphatic carbocycles. The molecule has 1 unspecified atom stereocenters. The van der Waals surface area contributed by atoms with E-state index in [4.69, 9.17) is 30.6 Å². The third kappa shape index (κ3) is 26.4. The highest BCUT2D eigenvalue weighted by Gasteiger charge is 2.26. The summed E-state index contributed by atoms with van der Waals surface area (Å²) in [4.78, 5) is 28.8. The van der Waals surface area contributed by atoms with Gasteiger partial charge < -0.3 is 30.6 Å². The Morgan fingerprint density at radius 1 is 0.808 bits per heavy atom. The summed E-state index contributed by atoms with van der Waals surface area (Å²) in [6.07, 6.45) is -0.933. The second kappa shape index (κ2) is 16.0. The number of carbonyl (C=O) groups is 3. The number of hydrogen-bond acceptors (Lipinski definition) is 6. The fourth-order valence-electron chi connectivity index (χ4n) is 0.295. The van der Waals surface area contributed by atoms with E-state index in [-0.39, 0.29) is 23.1 Å². The molecule has 1 atom stereocenters. The Labute approximate surface area is 153 Å². The molecule has 6 N–H and O–H groups in total. The second-order valence-corrected chi connectivity index (χ2v) is 5.16. The van der Waals surface area contributed by atoms with E-state index >= 15 is 0 Å². The summed E-state index contributed by atoms with van der Waals surface area (Å²) in [7, 11) is 0. The molecule has 0 fully saturated rings. The fraction of sp³-hybridized carbons (Fsp3) is 0.471. The molecule has 0 spiro atoms. The maximum atomic E-state index is 9.60. The van der Waals surface area contributed by atoms with Crippen molar-refractivity contribution < 1.29 is 45.0 Å². The van der Waals surface area contributed by atoms with E-state index in [2.05, 4.69) is 19.7 Å². The van der Waals surface area contributed by atoms with E-state index in [0.717, 1.165) is 0 Å². The molecule has 0 aromatic carbocycles. The van der Waals surface area contributed by atoms with Crippen LogP contribution in [0.5, 0.6) is 0 Å². The lowest BCUT2D eigenvalue weighted by Gasteiger charge is -2.22. The van der Waals surface area contributed by atoms with Crippen LogP contribution < -0.4 is 0 Å². The molecule has 0 amide bonds. The molecule has 0 bridgehead atoms. The fourth-order valence-corrected chi connectivity index (χ4v) is 0.295. The molecular weight excluding hydrogens is 348 g/mol. The minimum atomic E-state index is -1.90. The summed E-state index contributed by atoms with van der Waals surface area (Å²) in [5, 5.41) is 49.7. The topological polar surface area (TPSA) is 173 Å². The number of rotatable bonds is 5. The lowest BCUT2D eigenvalue weighted by atomic mass is 10.1. The highest BCUT2D eigenvalue weighted by atomic mass is 16.5. The molecule has 9 heteroatoms. The van der Waals surface area contributed by atoms with Crippen LogP contribution in [-0.4, -0.2) is 60.4 Å². The first kappa shape index (κ1) is 31.3. The zero-order valence-corrected chi connectivity index (χ0v) is 15.8. The average Bonchev–Trinajstić information content (AvgIpc) is 2.48. The Hall–Kier alpha value is -2.49. The normalized spacial score (nSPS) is 10.2. The molecule has 0 heterocycles. The van der Waals surface area contributed by atoms with Crippen LogP contribution in [0, 0.1) is 0 Å². The van der Waals surface area contributed by atoms with Gasteiger partial charge >= 0.3 is 17.9 Å². The van der Waals surface area contributed by atoms with Crippen LogP contribution in [0.25, 0.3) is 0 Å². The van der Waals surface area contributed by atoms with Gasteiger partial charge in [0.15, 0.2) is 5.79 Å². The summed E-state index contributed by atoms with van der Waals surface area (Å²) in [6.45, 7) is 16.7. The van der Waals surface area contributed by atoms with Crippen LogP contribution in [0.3, 0.4) is 0 Å². The number of aliphatic carboxylic acids is 3. The van der Waals surface area contributed by atoms with Gasteiger partial charge in [-0.2, -0.15) is 0 Å². The van der Waals surface area contributed by atoms with E-state index in [1.54, 1.807) is 6.92 Å². The van der Waals surface area contributed by atoms with Crippen LogP contribution >= 0.6 is 0 Å². The van der Waals surface area contributed by atoms with Gasteiger partial charge in [0.2, 0.25) is 0 Å². The summed E-state index contributed by atoms with van der Waals surface area (Å²) in [5.41, 5.74) is 0.528. The minimum Gasteiger partial charge on any atom is -0.478 e. The van der Waals surface area contributed by atoms with Crippen LogP contribution in [0.2, 0.25) is 0 Å². The zero-order valence-electron chi connectivity index (χ0n) is 15.8. The lowest BCUT2D eigenvalue weighted by molar-refractivity contribution is -0.220. The van der Waals surface area contributed by atoms with Crippen molar-refractivity contribution in [2.75, 3.05) is 0 Å². The third-order valence-electron chi connectivity index (χ3n) is 2.28. The van der Waals surface area contributed by atoms with Crippen LogP contribution in [0.4, 0.5) is 0 Å². The third-order valence-corrected chi connectivity index (χ3v) is 2.28. The summed E-state index contributed by atoms with van der Waals surface area (Å²) < 4.78 is 0. The summed E-state index contributed by atoms with van der Waals surface area (Å²) in [6, 6.07) is 0. The molecule has 0 rings (SSSR count). The Kier molecular flexibility index (Phi) is 19.3. The van der Waals surface area contributed by atoms with Gasteiger partial charge in [-0.15, -0.1) is 0 Å². The Morgan fingerprint density at radius 3 is 0.962 bits per heavy atom. The van der Waals surface area contributed by atoms with Crippen LogP contribution in [-0.2, 0) is 14.4 Å². The van der Waals surface area contributed by atoms with Gasteiger partial charge in [0.25, 0.3) is 0 Å². The zero-order chi connectivity index (χ0) is 22.2. The predicted molar refractivity (Wildman–Crippen MR) is 96.5 cm³/mol. The van der Waals surface area contributed by atoms with Gasteiger partial charge in [-0.1, -0.05) is 26.7 Å². The van der Waals surface area contributed by atoms with Crippen LogP contribution in [0.1, 0.15) is 41.0 Å². The van der Waals surface area contributed by atoms with E-state index in [0.29, 0.717) is 0 Å². The Bertz CT molecular complexity index is 409. The van der Waals surface area contributed by atoms with Gasteiger partial charge in [-0.25, -0.2) is 14.4 Å². The van der Waals surface area contributed by atoms with Gasteiger partial charge in [0.05, 0.1) is 0 Å². The maximum absolute atomic E-state index is 9.60. The Balaban J connectivity index is -0.000000125. The first-order valence-electron chi connectivity index (χ1n) is 7.23. The second-order valence-electron chi connectivity index (χ2n) is 5.16. The van der Waals surface area contributed by atoms with E-state index in [1.807, 2.05) is 0 Å².